The summed E-state index contributed by atoms with van der Waals surface area (Å²) in [5.74, 6) is -9.37. The van der Waals surface area contributed by atoms with Crippen LogP contribution in [0.4, 0.5) is 9.59 Å². The molecule has 0 radical (unpaired) electrons. The van der Waals surface area contributed by atoms with Crippen molar-refractivity contribution in [3.63, 3.8) is 0 Å². The van der Waals surface area contributed by atoms with Crippen molar-refractivity contribution in [2.45, 2.75) is 82.1 Å². The van der Waals surface area contributed by atoms with E-state index >= 15 is 0 Å². The maximum absolute atomic E-state index is 14.0. The number of Topliss-reactive ketones (excluding diaryl/α,β-unsaturated/α-hetero) is 2. The van der Waals surface area contributed by atoms with Gasteiger partial charge in [-0.05, 0) is 53.3 Å². The van der Waals surface area contributed by atoms with Gasteiger partial charge < -0.3 is 76.6 Å². The first kappa shape index (κ1) is 62.8. The van der Waals surface area contributed by atoms with E-state index in [9.17, 15) is 68.4 Å². The SMILES string of the molecule is NCCOCCOCCOCCOCc1cn(-c2cc(C(=O)Cc3ccc(C[C@H](NC(=O)N[C@@H](CCC(=O)O)C(=O)O)C(=O)O)cc3)cc(C(=O)Cc3ccc(C[C@H](NC(=O)N[C@@H](CCC(=O)O)C(=O)O)C(=O)O)cc3)c2)nn1. The molecule has 0 bridgehead atoms. The van der Waals surface area contributed by atoms with E-state index in [1.165, 1.54) is 47.1 Å². The molecule has 4 aromatic rings. The van der Waals surface area contributed by atoms with Crippen LogP contribution in [0.5, 0.6) is 0 Å². The molecule has 4 rings (SSSR count). The monoisotopic (exact) mass is 1110 g/mol. The molecular formula is C51H62N8O20. The van der Waals surface area contributed by atoms with Gasteiger partial charge in [-0.2, -0.15) is 0 Å². The predicted molar refractivity (Wildman–Crippen MR) is 272 cm³/mol. The fourth-order valence-corrected chi connectivity index (χ4v) is 7.28. The minimum Gasteiger partial charge on any atom is -0.481 e. The Morgan fingerprint density at radius 1 is 0.494 bits per heavy atom. The van der Waals surface area contributed by atoms with Gasteiger partial charge in [-0.15, -0.1) is 5.10 Å². The van der Waals surface area contributed by atoms with Gasteiger partial charge in [0.2, 0.25) is 0 Å². The second-order valence-corrected chi connectivity index (χ2v) is 17.5. The highest BCUT2D eigenvalue weighted by molar-refractivity contribution is 6.03. The van der Waals surface area contributed by atoms with Gasteiger partial charge in [0.1, 0.15) is 29.9 Å². The molecule has 12 N–H and O–H groups in total. The lowest BCUT2D eigenvalue weighted by Gasteiger charge is -2.18. The molecule has 1 heterocycles. The second kappa shape index (κ2) is 32.8. The Bertz CT molecular complexity index is 2590. The molecule has 28 nitrogen and oxygen atoms in total. The third kappa shape index (κ3) is 23.2. The van der Waals surface area contributed by atoms with Gasteiger partial charge in [0.05, 0.1) is 64.7 Å². The number of carbonyl (C=O) groups excluding carboxylic acids is 4. The molecule has 0 aliphatic heterocycles. The molecule has 0 aliphatic carbocycles. The minimum atomic E-state index is -1.59. The number of amides is 4. The number of nitrogens with one attached hydrogen (secondary N) is 4. The van der Waals surface area contributed by atoms with Crippen LogP contribution in [0, 0.1) is 0 Å². The second-order valence-electron chi connectivity index (χ2n) is 17.5. The summed E-state index contributed by atoms with van der Waals surface area (Å²) < 4.78 is 23.2. The summed E-state index contributed by atoms with van der Waals surface area (Å²) >= 11 is 0. The van der Waals surface area contributed by atoms with Crippen LogP contribution in [-0.4, -0.2) is 182 Å². The fraction of sp³-hybridized carbons (Fsp3) is 0.412. The van der Waals surface area contributed by atoms with Crippen molar-refractivity contribution < 1.29 is 97.5 Å². The molecule has 426 valence electrons. The first-order valence-electron chi connectivity index (χ1n) is 24.5. The van der Waals surface area contributed by atoms with E-state index < -0.39 is 109 Å². The number of carboxylic acid groups (broad SMARTS) is 6. The lowest BCUT2D eigenvalue weighted by atomic mass is 9.95. The third-order valence-electron chi connectivity index (χ3n) is 11.4. The summed E-state index contributed by atoms with van der Waals surface area (Å²) in [4.78, 5) is 122. The highest BCUT2D eigenvalue weighted by atomic mass is 16.6. The van der Waals surface area contributed by atoms with Crippen LogP contribution in [0.15, 0.2) is 72.9 Å². The van der Waals surface area contributed by atoms with Gasteiger partial charge in [-0.1, -0.05) is 53.7 Å². The first-order valence-corrected chi connectivity index (χ1v) is 24.5. The van der Waals surface area contributed by atoms with Gasteiger partial charge in [0, 0.05) is 56.2 Å². The molecule has 0 spiro atoms. The molecule has 4 atom stereocenters. The third-order valence-corrected chi connectivity index (χ3v) is 11.4. The number of carboxylic acids is 6. The maximum Gasteiger partial charge on any atom is 0.326 e. The number of ether oxygens (including phenoxy) is 4. The highest BCUT2D eigenvalue weighted by Crippen LogP contribution is 2.20. The molecule has 0 fully saturated rings. The van der Waals surface area contributed by atoms with Gasteiger partial charge in [0.25, 0.3) is 0 Å². The number of nitrogens with two attached hydrogens (primary N) is 1. The van der Waals surface area contributed by atoms with Crippen molar-refractivity contribution in [2.75, 3.05) is 52.8 Å². The van der Waals surface area contributed by atoms with Crippen LogP contribution < -0.4 is 27.0 Å². The van der Waals surface area contributed by atoms with Gasteiger partial charge >= 0.3 is 47.9 Å². The Morgan fingerprint density at radius 2 is 0.861 bits per heavy atom. The van der Waals surface area contributed by atoms with Crippen LogP contribution >= 0.6 is 0 Å². The van der Waals surface area contributed by atoms with Crippen molar-refractivity contribution in [1.29, 1.82) is 0 Å². The quantitative estimate of drug-likeness (QED) is 0.0219. The standard InChI is InChI=1S/C51H62N8O20/c52-13-14-76-15-16-77-17-18-78-19-20-79-29-36-28-59(58-57-36)37-26-34(42(60)23-32-5-1-30(2-6-32)21-40(48(70)71)55-50(74)53-38(46(66)67)9-11-44(62)63)25-35(27-37)43(61)24-33-7-3-31(4-8-33)22-41(49(72)73)56-51(75)54-39(47(68)69)10-12-45(64)65/h1-8,25-28,38-41H,9-24,29,52H2,(H,62,63)(H,64,65)(H,66,67)(H,68,69)(H,70,71)(H,72,73)(H2,53,55,74)(H2,54,56,75)/t38-,39-,40-,41-/m0/s1. The Balaban J connectivity index is 1.48. The largest absolute Gasteiger partial charge is 0.481 e. The number of urea groups is 2. The average molecular weight is 1110 g/mol. The van der Waals surface area contributed by atoms with Crippen LogP contribution in [-0.2, 0) is 80.0 Å². The Labute approximate surface area is 450 Å². The summed E-state index contributed by atoms with van der Waals surface area (Å²) in [5.41, 5.74) is 8.09. The van der Waals surface area contributed by atoms with Crippen LogP contribution in [0.25, 0.3) is 5.69 Å². The van der Waals surface area contributed by atoms with E-state index in [0.29, 0.717) is 67.5 Å². The van der Waals surface area contributed by atoms with Crippen LogP contribution in [0.1, 0.15) is 74.3 Å². The number of hydrogen-bond acceptors (Lipinski definition) is 17. The number of aromatic nitrogens is 3. The Hall–Kier alpha value is -8.70. The van der Waals surface area contributed by atoms with Gasteiger partial charge in [0.15, 0.2) is 11.6 Å². The zero-order valence-corrected chi connectivity index (χ0v) is 42.6. The summed E-state index contributed by atoms with van der Waals surface area (Å²) in [6.07, 6.45) is -1.35. The van der Waals surface area contributed by atoms with E-state index in [1.54, 1.807) is 30.5 Å². The van der Waals surface area contributed by atoms with Crippen molar-refractivity contribution in [3.8, 4) is 5.69 Å². The van der Waals surface area contributed by atoms with Gasteiger partial charge in [-0.3, -0.25) is 19.2 Å². The number of rotatable bonds is 38. The van der Waals surface area contributed by atoms with Crippen LogP contribution in [0.3, 0.4) is 0 Å². The molecule has 3 aromatic carbocycles. The molecule has 28 heteroatoms. The lowest BCUT2D eigenvalue weighted by molar-refractivity contribution is -0.142. The van der Waals surface area contributed by atoms with E-state index in [2.05, 4.69) is 31.6 Å². The first-order chi connectivity index (χ1) is 37.7. The van der Waals surface area contributed by atoms with E-state index in [4.69, 9.17) is 34.9 Å². The molecule has 1 aromatic heterocycles. The van der Waals surface area contributed by atoms with Crippen molar-refractivity contribution >= 4 is 59.4 Å². The average Bonchev–Trinajstić information content (AvgIpc) is 3.94. The Morgan fingerprint density at radius 3 is 1.24 bits per heavy atom. The number of hydrogen-bond donors (Lipinski definition) is 11. The zero-order valence-electron chi connectivity index (χ0n) is 42.6. The van der Waals surface area contributed by atoms with Crippen LogP contribution in [0.2, 0.25) is 0 Å². The predicted octanol–water partition coefficient (Wildman–Crippen LogP) is 0.869. The molecule has 0 unspecified atom stereocenters. The topological polar surface area (TPSA) is 434 Å². The summed E-state index contributed by atoms with van der Waals surface area (Å²) in [7, 11) is 0. The summed E-state index contributed by atoms with van der Waals surface area (Å²) in [6, 6.07) is 8.27. The van der Waals surface area contributed by atoms with E-state index in [1.807, 2.05) is 0 Å². The molecular weight excluding hydrogens is 1040 g/mol. The fourth-order valence-electron chi connectivity index (χ4n) is 7.28. The number of ketones is 2. The summed E-state index contributed by atoms with van der Waals surface area (Å²) in [6.45, 7) is 2.93. The number of benzene rings is 3. The normalized spacial score (nSPS) is 12.5. The molecule has 79 heavy (non-hydrogen) atoms. The maximum atomic E-state index is 14.0. The minimum absolute atomic E-state index is 0.0429. The van der Waals surface area contributed by atoms with E-state index in [-0.39, 0.29) is 62.3 Å². The summed E-state index contributed by atoms with van der Waals surface area (Å²) in [5, 5.41) is 73.0. The van der Waals surface area contributed by atoms with Crippen molar-refractivity contribution in [2.24, 2.45) is 5.73 Å². The number of carbonyl (C=O) groups is 10. The van der Waals surface area contributed by atoms with Gasteiger partial charge in [-0.25, -0.2) is 33.4 Å². The molecule has 4 amide bonds. The Kier molecular flexibility index (Phi) is 26.1. The molecule has 0 saturated carbocycles. The highest BCUT2D eigenvalue weighted by Gasteiger charge is 2.27. The number of aliphatic carboxylic acids is 6. The number of nitrogens with zero attached hydrogens (tertiary/aromatic N) is 3. The lowest BCUT2D eigenvalue weighted by Crippen LogP contribution is -2.51. The zero-order chi connectivity index (χ0) is 57.9. The smallest absolute Gasteiger partial charge is 0.326 e. The van der Waals surface area contributed by atoms with Crippen molar-refractivity contribution in [3.05, 3.63) is 112 Å². The van der Waals surface area contributed by atoms with E-state index in [0.717, 1.165) is 0 Å². The molecule has 0 aliphatic rings. The van der Waals surface area contributed by atoms with Crippen molar-refractivity contribution in [1.82, 2.24) is 36.3 Å². The molecule has 0 saturated heterocycles.